The number of ether oxygens (including phenoxy) is 3. The van der Waals surface area contributed by atoms with Crippen molar-refractivity contribution < 1.29 is 32.2 Å². The highest BCUT2D eigenvalue weighted by molar-refractivity contribution is 6.30. The molecule has 2 aliphatic carbocycles. The van der Waals surface area contributed by atoms with E-state index in [1.165, 1.54) is 0 Å². The Morgan fingerprint density at radius 1 is 1.13 bits per heavy atom. The van der Waals surface area contributed by atoms with Crippen LogP contribution < -0.4 is 14.4 Å². The van der Waals surface area contributed by atoms with Crippen LogP contribution in [0.2, 0.25) is 5.15 Å². The molecule has 2 aromatic heterocycles. The molecular weight excluding hydrogens is 625 g/mol. The Morgan fingerprint density at radius 3 is 2.59 bits per heavy atom. The molecule has 0 N–H and O–H groups in total. The monoisotopic (exact) mass is 664 g/mol. The lowest BCUT2D eigenvalue weighted by Gasteiger charge is -2.47. The molecule has 5 fully saturated rings. The standard InChI is InChI=1S/C32H40ClF3N6O4/c1-3-4-13-44-29(43)42-19-5-6-20(42)24-18(2)46-27-21-23(22(34)25(33)38-27)37-28(39-26(21)41(24)14-19)45-17-30(7-8-30)16-40-11-9-31(10-12-40)15-32(31,35)36/h18-20,24H,3-17H2,1-2H3/t18-,19+,20-,24+/m0/s1. The highest BCUT2D eigenvalue weighted by Gasteiger charge is 2.70. The number of carbonyl (C=O) groups is 1. The molecule has 0 radical (unpaired) electrons. The lowest BCUT2D eigenvalue weighted by molar-refractivity contribution is 0.0251. The second-order valence-electron chi connectivity index (χ2n) is 14.4. The smallest absolute Gasteiger partial charge is 0.410 e. The van der Waals surface area contributed by atoms with Crippen LogP contribution in [0.15, 0.2) is 0 Å². The summed E-state index contributed by atoms with van der Waals surface area (Å²) in [5.74, 6) is -2.67. The number of nitrogens with zero attached hydrogens (tertiary/aromatic N) is 6. The van der Waals surface area contributed by atoms with Gasteiger partial charge in [0.05, 0.1) is 31.3 Å². The first-order chi connectivity index (χ1) is 22.0. The fraction of sp³-hybridized carbons (Fsp3) is 0.750. The predicted molar refractivity (Wildman–Crippen MR) is 163 cm³/mol. The summed E-state index contributed by atoms with van der Waals surface area (Å²) in [6.45, 7) is 7.23. The van der Waals surface area contributed by atoms with Gasteiger partial charge in [-0.2, -0.15) is 15.0 Å². The SMILES string of the molecule is CCCCOC(=O)N1[C@@H]2CC[C@H]1[C@H]1[C@H](C)Oc3nc(Cl)c(F)c4nc(OCC5(CN6CCC7(CC6)CC7(F)F)CC5)nc(c34)N1C2. The Labute approximate surface area is 270 Å². The van der Waals surface area contributed by atoms with Gasteiger partial charge < -0.3 is 24.0 Å². The van der Waals surface area contributed by atoms with E-state index in [0.29, 0.717) is 56.9 Å². The molecule has 4 aliphatic heterocycles. The van der Waals surface area contributed by atoms with Crippen LogP contribution in [-0.4, -0.2) is 100 Å². The number of piperidine rings is 1. The van der Waals surface area contributed by atoms with Crippen molar-refractivity contribution in [2.75, 3.05) is 44.3 Å². The van der Waals surface area contributed by atoms with Gasteiger partial charge in [-0.25, -0.2) is 18.0 Å². The molecule has 0 unspecified atom stereocenters. The lowest BCUT2D eigenvalue weighted by Crippen LogP contribution is -2.65. The molecule has 0 aromatic carbocycles. The molecule has 2 aromatic rings. The van der Waals surface area contributed by atoms with Crippen LogP contribution in [0, 0.1) is 16.6 Å². The Balaban J connectivity index is 1.05. The molecule has 8 rings (SSSR count). The summed E-state index contributed by atoms with van der Waals surface area (Å²) in [4.78, 5) is 33.0. The number of unbranched alkanes of at least 4 members (excludes halogenated alkanes) is 1. The maximum atomic E-state index is 15.6. The number of alkyl halides is 2. The Kier molecular flexibility index (Phi) is 7.21. The average Bonchev–Trinajstić information content (AvgIpc) is 3.88. The van der Waals surface area contributed by atoms with Crippen LogP contribution in [0.3, 0.4) is 0 Å². The molecular formula is C32H40ClF3N6O4. The second-order valence-corrected chi connectivity index (χ2v) is 14.8. The topological polar surface area (TPSA) is 93.1 Å². The average molecular weight is 665 g/mol. The summed E-state index contributed by atoms with van der Waals surface area (Å²) in [6, 6.07) is -0.549. The van der Waals surface area contributed by atoms with Gasteiger partial charge in [0.15, 0.2) is 11.0 Å². The Hall–Kier alpha value is -2.80. The van der Waals surface area contributed by atoms with E-state index in [0.717, 1.165) is 45.1 Å². The highest BCUT2D eigenvalue weighted by atomic mass is 35.5. The second kappa shape index (κ2) is 10.9. The number of rotatable bonds is 8. The van der Waals surface area contributed by atoms with Crippen molar-refractivity contribution in [2.24, 2.45) is 10.8 Å². The van der Waals surface area contributed by atoms with E-state index in [9.17, 15) is 13.6 Å². The molecule has 250 valence electrons. The van der Waals surface area contributed by atoms with Crippen LogP contribution in [0.25, 0.3) is 10.9 Å². The van der Waals surface area contributed by atoms with E-state index in [-0.39, 0.29) is 58.6 Å². The summed E-state index contributed by atoms with van der Waals surface area (Å²) in [5, 5.41) is -0.0159. The van der Waals surface area contributed by atoms with Gasteiger partial charge in [0.2, 0.25) is 5.88 Å². The number of carbonyl (C=O) groups excluding carboxylic acids is 1. The van der Waals surface area contributed by atoms with Gasteiger partial charge in [0.25, 0.3) is 5.92 Å². The number of hydrogen-bond acceptors (Lipinski definition) is 9. The summed E-state index contributed by atoms with van der Waals surface area (Å²) in [6.07, 6.45) is 5.54. The van der Waals surface area contributed by atoms with Gasteiger partial charge in [-0.15, -0.1) is 0 Å². The van der Waals surface area contributed by atoms with E-state index in [2.05, 4.69) is 26.7 Å². The fourth-order valence-corrected chi connectivity index (χ4v) is 8.57. The number of anilines is 1. The van der Waals surface area contributed by atoms with Gasteiger partial charge in [0, 0.05) is 30.3 Å². The fourth-order valence-electron chi connectivity index (χ4n) is 8.40. The van der Waals surface area contributed by atoms with E-state index < -0.39 is 23.3 Å². The molecule has 2 saturated carbocycles. The normalized spacial score (nSPS) is 29.7. The molecule has 14 heteroatoms. The molecule has 3 saturated heterocycles. The van der Waals surface area contributed by atoms with Crippen molar-refractivity contribution in [2.45, 2.75) is 102 Å². The number of piperazine rings is 1. The first kappa shape index (κ1) is 30.5. The third-order valence-corrected chi connectivity index (χ3v) is 11.7. The number of fused-ring (bicyclic) bond motifs is 5. The number of halogens is 4. The third kappa shape index (κ3) is 4.93. The van der Waals surface area contributed by atoms with Crippen LogP contribution in [-0.2, 0) is 4.74 Å². The molecule has 2 bridgehead atoms. The summed E-state index contributed by atoms with van der Waals surface area (Å²) in [7, 11) is 0. The van der Waals surface area contributed by atoms with Crippen molar-refractivity contribution in [3.63, 3.8) is 0 Å². The lowest BCUT2D eigenvalue weighted by atomic mass is 9.92. The minimum Gasteiger partial charge on any atom is -0.472 e. The van der Waals surface area contributed by atoms with Crippen LogP contribution in [0.1, 0.15) is 71.6 Å². The number of likely N-dealkylation sites (tertiary alicyclic amines) is 1. The zero-order valence-corrected chi connectivity index (χ0v) is 27.0. The van der Waals surface area contributed by atoms with E-state index >= 15 is 4.39 Å². The van der Waals surface area contributed by atoms with Crippen LogP contribution in [0.4, 0.5) is 23.8 Å². The molecule has 10 nitrogen and oxygen atoms in total. The molecule has 1 amide bonds. The highest BCUT2D eigenvalue weighted by Crippen LogP contribution is 2.66. The number of hydrogen-bond donors (Lipinski definition) is 0. The minimum atomic E-state index is -2.51. The number of aromatic nitrogens is 3. The van der Waals surface area contributed by atoms with Crippen molar-refractivity contribution in [1.29, 1.82) is 0 Å². The Morgan fingerprint density at radius 2 is 1.89 bits per heavy atom. The third-order valence-electron chi connectivity index (χ3n) is 11.4. The quantitative estimate of drug-likeness (QED) is 0.255. The molecule has 1 spiro atoms. The molecule has 6 aliphatic rings. The zero-order chi connectivity index (χ0) is 32.0. The number of pyridine rings is 1. The predicted octanol–water partition coefficient (Wildman–Crippen LogP) is 5.84. The van der Waals surface area contributed by atoms with Crippen molar-refractivity contribution in [3.8, 4) is 11.9 Å². The molecule has 46 heavy (non-hydrogen) atoms. The summed E-state index contributed by atoms with van der Waals surface area (Å²) < 4.78 is 61.6. The zero-order valence-electron chi connectivity index (χ0n) is 26.2. The first-order valence-corrected chi connectivity index (χ1v) is 17.1. The first-order valence-electron chi connectivity index (χ1n) is 16.7. The van der Waals surface area contributed by atoms with Crippen molar-refractivity contribution >= 4 is 34.4 Å². The van der Waals surface area contributed by atoms with Gasteiger partial charge in [-0.05, 0) is 65.0 Å². The van der Waals surface area contributed by atoms with Gasteiger partial charge >= 0.3 is 12.1 Å². The van der Waals surface area contributed by atoms with Crippen molar-refractivity contribution in [3.05, 3.63) is 11.0 Å². The summed E-state index contributed by atoms with van der Waals surface area (Å²) in [5.41, 5.74) is -0.923. The van der Waals surface area contributed by atoms with E-state index in [1.807, 2.05) is 11.8 Å². The summed E-state index contributed by atoms with van der Waals surface area (Å²) >= 11 is 6.25. The van der Waals surface area contributed by atoms with Gasteiger partial charge in [0.1, 0.15) is 22.8 Å². The number of amides is 1. The van der Waals surface area contributed by atoms with Crippen molar-refractivity contribution in [1.82, 2.24) is 24.8 Å². The molecule has 6 heterocycles. The van der Waals surface area contributed by atoms with E-state index in [4.69, 9.17) is 30.8 Å². The maximum Gasteiger partial charge on any atom is 0.410 e. The van der Waals surface area contributed by atoms with Gasteiger partial charge in [-0.3, -0.25) is 4.90 Å². The van der Waals surface area contributed by atoms with Crippen LogP contribution in [0.5, 0.6) is 11.9 Å². The van der Waals surface area contributed by atoms with E-state index in [1.54, 1.807) is 0 Å². The van der Waals surface area contributed by atoms with Gasteiger partial charge in [-0.1, -0.05) is 24.9 Å². The van der Waals surface area contributed by atoms with Crippen LogP contribution >= 0.6 is 11.6 Å². The molecule has 4 atom stereocenters. The maximum absolute atomic E-state index is 15.6. The minimum absolute atomic E-state index is 0.0196. The Bertz CT molecular complexity index is 1550. The largest absolute Gasteiger partial charge is 0.472 e.